The normalized spacial score (nSPS) is 16.8. The fourth-order valence-electron chi connectivity index (χ4n) is 4.91. The summed E-state index contributed by atoms with van der Waals surface area (Å²) in [6.07, 6.45) is 4.29. The Morgan fingerprint density at radius 2 is 1.20 bits per heavy atom. The average Bonchev–Trinajstić information content (AvgIpc) is 3.63. The van der Waals surface area contributed by atoms with Gasteiger partial charge < -0.3 is 20.1 Å². The minimum atomic E-state index is -0.164. The van der Waals surface area contributed by atoms with Crippen molar-refractivity contribution in [2.24, 2.45) is 0 Å². The molecule has 2 N–H and O–H groups in total. The van der Waals surface area contributed by atoms with Crippen LogP contribution in [0.1, 0.15) is 58.7 Å². The second-order valence-corrected chi connectivity index (χ2v) is 11.5. The van der Waals surface area contributed by atoms with Crippen molar-refractivity contribution in [2.45, 2.75) is 50.4 Å². The van der Waals surface area contributed by atoms with E-state index in [1.165, 1.54) is 22.7 Å². The average molecular weight is 579 g/mol. The predicted octanol–water partition coefficient (Wildman–Crippen LogP) is 5.21. The third-order valence-corrected chi connectivity index (χ3v) is 8.84. The molecule has 12 heteroatoms. The molecule has 2 aromatic carbocycles. The molecule has 2 atom stereocenters. The largest absolute Gasteiger partial charge is 0.496 e. The van der Waals surface area contributed by atoms with E-state index in [-0.39, 0.29) is 36.5 Å². The molecule has 208 valence electrons. The van der Waals surface area contributed by atoms with Crippen molar-refractivity contribution in [3.8, 4) is 11.5 Å². The number of ether oxygens (including phenoxy) is 2. The van der Waals surface area contributed by atoms with Crippen LogP contribution in [0.5, 0.6) is 11.5 Å². The fourth-order valence-corrected chi connectivity index (χ4v) is 6.72. The van der Waals surface area contributed by atoms with E-state index in [9.17, 15) is 9.59 Å². The van der Waals surface area contributed by atoms with Crippen molar-refractivity contribution in [3.63, 3.8) is 0 Å². The minimum absolute atomic E-state index is 0.164. The van der Waals surface area contributed by atoms with Gasteiger partial charge in [-0.05, 0) is 31.4 Å². The summed E-state index contributed by atoms with van der Waals surface area (Å²) in [6, 6.07) is 14.9. The molecule has 2 heterocycles. The van der Waals surface area contributed by atoms with Crippen LogP contribution in [0.4, 0.5) is 10.3 Å². The number of methoxy groups -OCH3 is 2. The lowest BCUT2D eigenvalue weighted by Gasteiger charge is -2.25. The van der Waals surface area contributed by atoms with Gasteiger partial charge in [0.05, 0.1) is 27.1 Å². The number of anilines is 2. The quantitative estimate of drug-likeness (QED) is 0.262. The van der Waals surface area contributed by atoms with Crippen molar-refractivity contribution in [2.75, 3.05) is 24.9 Å². The maximum atomic E-state index is 12.6. The third kappa shape index (κ3) is 6.80. The van der Waals surface area contributed by atoms with Crippen molar-refractivity contribution >= 4 is 44.8 Å². The highest BCUT2D eigenvalue weighted by Gasteiger charge is 2.29. The van der Waals surface area contributed by atoms with Crippen molar-refractivity contribution in [1.82, 2.24) is 20.4 Å². The summed E-state index contributed by atoms with van der Waals surface area (Å²) >= 11 is 2.84. The first-order valence-corrected chi connectivity index (χ1v) is 14.7. The van der Waals surface area contributed by atoms with E-state index in [0.717, 1.165) is 46.8 Å². The third-order valence-electron chi connectivity index (χ3n) is 6.83. The Morgan fingerprint density at radius 1 is 0.750 bits per heavy atom. The first-order valence-electron chi connectivity index (χ1n) is 13.0. The molecule has 2 amide bonds. The van der Waals surface area contributed by atoms with E-state index in [2.05, 4.69) is 31.0 Å². The molecule has 2 aromatic heterocycles. The van der Waals surface area contributed by atoms with Gasteiger partial charge in [0.1, 0.15) is 21.5 Å². The number of nitrogens with one attached hydrogen (secondary N) is 2. The number of para-hydroxylation sites is 2. The van der Waals surface area contributed by atoms with Crippen LogP contribution in [-0.4, -0.2) is 46.4 Å². The molecular weight excluding hydrogens is 548 g/mol. The molecule has 4 aromatic rings. The zero-order valence-electron chi connectivity index (χ0n) is 22.3. The summed E-state index contributed by atoms with van der Waals surface area (Å²) in [6.45, 7) is 0. The Kier molecular flexibility index (Phi) is 8.97. The summed E-state index contributed by atoms with van der Waals surface area (Å²) in [4.78, 5) is 25.2. The maximum Gasteiger partial charge on any atom is 0.230 e. The molecule has 0 saturated heterocycles. The molecular formula is C28H30N6O4S2. The highest BCUT2D eigenvalue weighted by atomic mass is 32.1. The Hall–Kier alpha value is -3.90. The van der Waals surface area contributed by atoms with Crippen molar-refractivity contribution < 1.29 is 19.1 Å². The first-order chi connectivity index (χ1) is 19.5. The molecule has 0 radical (unpaired) electrons. The van der Waals surface area contributed by atoms with Gasteiger partial charge in [-0.3, -0.25) is 9.59 Å². The van der Waals surface area contributed by atoms with Crippen LogP contribution in [0, 0.1) is 0 Å². The number of hydrogen-bond acceptors (Lipinski definition) is 10. The number of amides is 2. The Morgan fingerprint density at radius 3 is 1.65 bits per heavy atom. The summed E-state index contributed by atoms with van der Waals surface area (Å²) < 4.78 is 10.7. The van der Waals surface area contributed by atoms with E-state index in [1.807, 2.05) is 48.5 Å². The predicted molar refractivity (Wildman–Crippen MR) is 154 cm³/mol. The van der Waals surface area contributed by atoms with E-state index < -0.39 is 0 Å². The molecule has 1 saturated carbocycles. The number of hydrogen-bond donors (Lipinski definition) is 2. The number of carbonyl (C=O) groups excluding carboxylic acids is 2. The number of carbonyl (C=O) groups is 2. The minimum Gasteiger partial charge on any atom is -0.496 e. The van der Waals surface area contributed by atoms with Crippen molar-refractivity contribution in [1.29, 1.82) is 0 Å². The fraction of sp³-hybridized carbons (Fsp3) is 0.357. The second-order valence-electron chi connectivity index (χ2n) is 9.52. The second kappa shape index (κ2) is 13.0. The topological polar surface area (TPSA) is 128 Å². The van der Waals surface area contributed by atoms with Gasteiger partial charge in [0, 0.05) is 23.0 Å². The number of aromatic nitrogens is 4. The zero-order chi connectivity index (χ0) is 27.9. The summed E-state index contributed by atoms with van der Waals surface area (Å²) in [5.41, 5.74) is 1.63. The van der Waals surface area contributed by atoms with Crippen molar-refractivity contribution in [3.05, 3.63) is 69.7 Å². The molecule has 40 heavy (non-hydrogen) atoms. The van der Waals surface area contributed by atoms with Gasteiger partial charge in [0.15, 0.2) is 0 Å². The van der Waals surface area contributed by atoms with Crippen LogP contribution in [0.25, 0.3) is 0 Å². The lowest BCUT2D eigenvalue weighted by atomic mass is 9.82. The Balaban J connectivity index is 1.16. The van der Waals surface area contributed by atoms with Crippen LogP contribution < -0.4 is 20.1 Å². The lowest BCUT2D eigenvalue weighted by molar-refractivity contribution is -0.116. The lowest BCUT2D eigenvalue weighted by Crippen LogP contribution is -2.14. The number of nitrogens with zero attached hydrogens (tertiary/aromatic N) is 4. The molecule has 0 spiro atoms. The molecule has 0 unspecified atom stereocenters. The van der Waals surface area contributed by atoms with Gasteiger partial charge in [0.25, 0.3) is 0 Å². The Bertz CT molecular complexity index is 1360. The highest BCUT2D eigenvalue weighted by Crippen LogP contribution is 2.43. The zero-order valence-corrected chi connectivity index (χ0v) is 23.9. The maximum absolute atomic E-state index is 12.6. The van der Waals surface area contributed by atoms with E-state index >= 15 is 0 Å². The van der Waals surface area contributed by atoms with E-state index in [1.54, 1.807) is 14.2 Å². The Labute approximate surface area is 240 Å². The van der Waals surface area contributed by atoms with E-state index in [4.69, 9.17) is 9.47 Å². The standard InChI is InChI=1S/C28H30N6O4S2/c1-37-21-12-5-3-8-17(21)15-23(35)29-27-33-31-25(39-27)19-10-7-11-20(14-19)26-32-34-28(40-26)30-24(36)16-18-9-4-6-13-22(18)38-2/h3-6,8-9,12-13,19-20H,7,10-11,14-16H2,1-2H3,(H,29,33,35)(H,30,34,36)/t19-,20-/m1/s1. The highest BCUT2D eigenvalue weighted by molar-refractivity contribution is 7.15. The molecule has 1 aliphatic rings. The first kappa shape index (κ1) is 27.7. The van der Waals surface area contributed by atoms with Crippen LogP contribution in [-0.2, 0) is 22.4 Å². The van der Waals surface area contributed by atoms with Gasteiger partial charge >= 0.3 is 0 Å². The van der Waals surface area contributed by atoms with Gasteiger partial charge in [0.2, 0.25) is 22.1 Å². The molecule has 0 aliphatic heterocycles. The van der Waals surface area contributed by atoms with Crippen LogP contribution >= 0.6 is 22.7 Å². The van der Waals surface area contributed by atoms with Crippen LogP contribution in [0.3, 0.4) is 0 Å². The van der Waals surface area contributed by atoms with Crippen LogP contribution in [0.2, 0.25) is 0 Å². The number of rotatable bonds is 10. The summed E-state index contributed by atoms with van der Waals surface area (Å²) in [7, 11) is 3.18. The molecule has 1 fully saturated rings. The molecule has 1 aliphatic carbocycles. The van der Waals surface area contributed by atoms with E-state index in [0.29, 0.717) is 21.8 Å². The molecule has 10 nitrogen and oxygen atoms in total. The number of benzene rings is 2. The monoisotopic (exact) mass is 578 g/mol. The van der Waals surface area contributed by atoms with Gasteiger partial charge in [-0.1, -0.05) is 65.5 Å². The van der Waals surface area contributed by atoms with Crippen LogP contribution in [0.15, 0.2) is 48.5 Å². The SMILES string of the molecule is COc1ccccc1CC(=O)Nc1nnc([C@@H]2CCC[C@@H](c3nnc(NC(=O)Cc4ccccc4OC)s3)C2)s1. The molecule has 0 bridgehead atoms. The summed E-state index contributed by atoms with van der Waals surface area (Å²) in [5.74, 6) is 1.48. The van der Waals surface area contributed by atoms with Gasteiger partial charge in [-0.2, -0.15) is 0 Å². The van der Waals surface area contributed by atoms with Gasteiger partial charge in [-0.15, -0.1) is 20.4 Å². The summed E-state index contributed by atoms with van der Waals surface area (Å²) in [5, 5.41) is 25.8. The smallest absolute Gasteiger partial charge is 0.230 e. The molecule has 5 rings (SSSR count). The van der Waals surface area contributed by atoms with Gasteiger partial charge in [-0.25, -0.2) is 0 Å².